The Bertz CT molecular complexity index is 743. The van der Waals surface area contributed by atoms with Gasteiger partial charge in [-0.3, -0.25) is 4.99 Å². The molecule has 2 N–H and O–H groups in total. The molecular formula is C20H30N4O3. The summed E-state index contributed by atoms with van der Waals surface area (Å²) in [4.78, 5) is 4.28. The summed E-state index contributed by atoms with van der Waals surface area (Å²) in [5.41, 5.74) is 2.03. The summed E-state index contributed by atoms with van der Waals surface area (Å²) in [5, 5.41) is 10.6. The fourth-order valence-corrected chi connectivity index (χ4v) is 2.60. The zero-order chi connectivity index (χ0) is 19.6. The van der Waals surface area contributed by atoms with E-state index in [1.807, 2.05) is 45.0 Å². The van der Waals surface area contributed by atoms with Crippen LogP contribution in [0.5, 0.6) is 11.5 Å². The van der Waals surface area contributed by atoms with Crippen molar-refractivity contribution in [2.75, 3.05) is 20.3 Å². The van der Waals surface area contributed by atoms with E-state index in [-0.39, 0.29) is 6.04 Å². The predicted octanol–water partition coefficient (Wildman–Crippen LogP) is 3.46. The van der Waals surface area contributed by atoms with Crippen LogP contribution in [0.4, 0.5) is 0 Å². The number of ether oxygens (including phenoxy) is 2. The molecule has 0 aliphatic heterocycles. The topological polar surface area (TPSA) is 80.9 Å². The van der Waals surface area contributed by atoms with Gasteiger partial charge in [0.15, 0.2) is 23.2 Å². The molecule has 0 bridgehead atoms. The minimum atomic E-state index is 0.0343. The summed E-state index contributed by atoms with van der Waals surface area (Å²) in [5.74, 6) is 2.98. The Morgan fingerprint density at radius 2 is 1.89 bits per heavy atom. The van der Waals surface area contributed by atoms with E-state index in [1.165, 1.54) is 0 Å². The Kier molecular flexibility index (Phi) is 7.98. The summed E-state index contributed by atoms with van der Waals surface area (Å²) >= 11 is 0. The van der Waals surface area contributed by atoms with Crippen LogP contribution in [0.1, 0.15) is 50.8 Å². The van der Waals surface area contributed by atoms with E-state index in [9.17, 15) is 0 Å². The van der Waals surface area contributed by atoms with E-state index in [4.69, 9.17) is 14.0 Å². The van der Waals surface area contributed by atoms with E-state index in [0.717, 1.165) is 34.9 Å². The first-order valence-corrected chi connectivity index (χ1v) is 9.42. The number of hydrogen-bond donors (Lipinski definition) is 2. The van der Waals surface area contributed by atoms with E-state index in [0.29, 0.717) is 25.7 Å². The largest absolute Gasteiger partial charge is 0.490 e. The molecule has 1 aromatic heterocycles. The quantitative estimate of drug-likeness (QED) is 0.517. The number of benzene rings is 1. The van der Waals surface area contributed by atoms with Crippen molar-refractivity contribution in [3.8, 4) is 11.5 Å². The number of aromatic nitrogens is 1. The van der Waals surface area contributed by atoms with Crippen LogP contribution in [0, 0.1) is 0 Å². The normalized spacial score (nSPS) is 12.6. The van der Waals surface area contributed by atoms with Gasteiger partial charge in [0.05, 0.1) is 31.5 Å². The van der Waals surface area contributed by atoms with Crippen LogP contribution in [0.15, 0.2) is 33.8 Å². The second-order valence-corrected chi connectivity index (χ2v) is 6.00. The van der Waals surface area contributed by atoms with Crippen molar-refractivity contribution < 1.29 is 14.0 Å². The molecule has 148 valence electrons. The molecule has 0 saturated heterocycles. The Labute approximate surface area is 161 Å². The van der Waals surface area contributed by atoms with Crippen LogP contribution in [-0.2, 0) is 13.0 Å². The first-order valence-electron chi connectivity index (χ1n) is 9.42. The average Bonchev–Trinajstić information content (AvgIpc) is 3.14. The number of guanidine groups is 1. The fourth-order valence-electron chi connectivity index (χ4n) is 2.60. The molecule has 1 aromatic carbocycles. The maximum atomic E-state index is 5.71. The number of rotatable bonds is 9. The molecule has 7 heteroatoms. The molecule has 1 heterocycles. The minimum Gasteiger partial charge on any atom is -0.490 e. The van der Waals surface area contributed by atoms with Crippen molar-refractivity contribution >= 4 is 5.96 Å². The number of hydrogen-bond acceptors (Lipinski definition) is 5. The highest BCUT2D eigenvalue weighted by Gasteiger charge is 2.13. The summed E-state index contributed by atoms with van der Waals surface area (Å²) in [6.45, 7) is 9.75. The molecule has 0 aliphatic rings. The zero-order valence-corrected chi connectivity index (χ0v) is 16.8. The van der Waals surface area contributed by atoms with Crippen molar-refractivity contribution in [3.63, 3.8) is 0 Å². The van der Waals surface area contributed by atoms with Gasteiger partial charge in [-0.25, -0.2) is 0 Å². The van der Waals surface area contributed by atoms with Gasteiger partial charge in [-0.15, -0.1) is 0 Å². The van der Waals surface area contributed by atoms with Crippen molar-refractivity contribution in [2.24, 2.45) is 4.99 Å². The third-order valence-electron chi connectivity index (χ3n) is 4.04. The van der Waals surface area contributed by atoms with Gasteiger partial charge in [0, 0.05) is 13.1 Å². The molecule has 1 atom stereocenters. The Morgan fingerprint density at radius 3 is 2.52 bits per heavy atom. The standard InChI is InChI=1S/C20H30N4O3/c1-6-16-12-17(27-24-16)13-22-20(21-5)23-14(4)15-9-10-18(25-7-2)19(11-15)26-8-3/h9-12,14H,6-8,13H2,1-5H3,(H2,21,22,23). The van der Waals surface area contributed by atoms with Gasteiger partial charge in [0.25, 0.3) is 0 Å². The Balaban J connectivity index is 2.00. The van der Waals surface area contributed by atoms with Gasteiger partial charge >= 0.3 is 0 Å². The molecule has 1 unspecified atom stereocenters. The van der Waals surface area contributed by atoms with Crippen molar-refractivity contribution in [1.82, 2.24) is 15.8 Å². The summed E-state index contributed by atoms with van der Waals surface area (Å²) < 4.78 is 16.6. The van der Waals surface area contributed by atoms with Gasteiger partial charge in [0.1, 0.15) is 0 Å². The number of aryl methyl sites for hydroxylation is 1. The van der Waals surface area contributed by atoms with Crippen LogP contribution >= 0.6 is 0 Å². The average molecular weight is 374 g/mol. The maximum Gasteiger partial charge on any atom is 0.191 e. The van der Waals surface area contributed by atoms with Crippen molar-refractivity contribution in [2.45, 2.75) is 46.7 Å². The van der Waals surface area contributed by atoms with Gasteiger partial charge in [-0.1, -0.05) is 18.1 Å². The fraction of sp³-hybridized carbons (Fsp3) is 0.500. The summed E-state index contributed by atoms with van der Waals surface area (Å²) in [7, 11) is 1.74. The SMILES string of the molecule is CCOc1ccc(C(C)NC(=NC)NCc2cc(CC)no2)cc1OCC. The van der Waals surface area contributed by atoms with Crippen LogP contribution < -0.4 is 20.1 Å². The zero-order valence-electron chi connectivity index (χ0n) is 16.8. The molecule has 0 fully saturated rings. The summed E-state index contributed by atoms with van der Waals surface area (Å²) in [6.07, 6.45) is 0.855. The van der Waals surface area contributed by atoms with Gasteiger partial charge in [-0.2, -0.15) is 0 Å². The number of nitrogens with one attached hydrogen (secondary N) is 2. The van der Waals surface area contributed by atoms with Gasteiger partial charge < -0.3 is 24.6 Å². The lowest BCUT2D eigenvalue weighted by Crippen LogP contribution is -2.38. The minimum absolute atomic E-state index is 0.0343. The van der Waals surface area contributed by atoms with Gasteiger partial charge in [-0.05, 0) is 44.9 Å². The van der Waals surface area contributed by atoms with E-state index in [1.54, 1.807) is 7.05 Å². The molecule has 0 radical (unpaired) electrons. The van der Waals surface area contributed by atoms with E-state index < -0.39 is 0 Å². The number of nitrogens with zero attached hydrogens (tertiary/aromatic N) is 2. The number of aliphatic imine (C=N–C) groups is 1. The lowest BCUT2D eigenvalue weighted by Gasteiger charge is -2.19. The third-order valence-corrected chi connectivity index (χ3v) is 4.04. The second-order valence-electron chi connectivity index (χ2n) is 6.00. The molecule has 2 rings (SSSR count). The highest BCUT2D eigenvalue weighted by Crippen LogP contribution is 2.30. The lowest BCUT2D eigenvalue weighted by atomic mass is 10.1. The molecule has 0 amide bonds. The van der Waals surface area contributed by atoms with Crippen LogP contribution in [0.2, 0.25) is 0 Å². The van der Waals surface area contributed by atoms with Crippen molar-refractivity contribution in [3.05, 3.63) is 41.3 Å². The molecule has 2 aromatic rings. The first-order chi connectivity index (χ1) is 13.1. The monoisotopic (exact) mass is 374 g/mol. The van der Waals surface area contributed by atoms with Crippen LogP contribution in [0.25, 0.3) is 0 Å². The first kappa shape index (κ1) is 20.6. The Morgan fingerprint density at radius 1 is 1.15 bits per heavy atom. The highest BCUT2D eigenvalue weighted by molar-refractivity contribution is 5.80. The molecule has 0 saturated carbocycles. The van der Waals surface area contributed by atoms with Crippen LogP contribution in [0.3, 0.4) is 0 Å². The molecule has 0 spiro atoms. The highest BCUT2D eigenvalue weighted by atomic mass is 16.5. The summed E-state index contributed by atoms with van der Waals surface area (Å²) in [6, 6.07) is 7.96. The molecular weight excluding hydrogens is 344 g/mol. The predicted molar refractivity (Wildman–Crippen MR) is 106 cm³/mol. The molecule has 0 aliphatic carbocycles. The van der Waals surface area contributed by atoms with E-state index in [2.05, 4.69) is 27.7 Å². The second kappa shape index (κ2) is 10.4. The van der Waals surface area contributed by atoms with Crippen LogP contribution in [-0.4, -0.2) is 31.4 Å². The third kappa shape index (κ3) is 5.91. The maximum absolute atomic E-state index is 5.71. The molecule has 7 nitrogen and oxygen atoms in total. The van der Waals surface area contributed by atoms with E-state index >= 15 is 0 Å². The lowest BCUT2D eigenvalue weighted by molar-refractivity contribution is 0.287. The van der Waals surface area contributed by atoms with Crippen molar-refractivity contribution in [1.29, 1.82) is 0 Å². The Hall–Kier alpha value is -2.70. The van der Waals surface area contributed by atoms with Gasteiger partial charge in [0.2, 0.25) is 0 Å². The molecule has 27 heavy (non-hydrogen) atoms. The smallest absolute Gasteiger partial charge is 0.191 e.